The van der Waals surface area contributed by atoms with Crippen molar-refractivity contribution in [2.45, 2.75) is 25.0 Å². The molecule has 1 fully saturated rings. The van der Waals surface area contributed by atoms with E-state index in [0.29, 0.717) is 6.54 Å². The molecule has 1 saturated heterocycles. The number of likely N-dealkylation sites (tertiary alicyclic amines) is 1. The highest BCUT2D eigenvalue weighted by Gasteiger charge is 2.16. The van der Waals surface area contributed by atoms with Crippen LogP contribution in [0, 0.1) is 0 Å². The molecule has 0 aromatic carbocycles. The summed E-state index contributed by atoms with van der Waals surface area (Å²) in [5.74, 6) is 0.246. The van der Waals surface area contributed by atoms with Crippen LogP contribution >= 0.6 is 12.6 Å². The summed E-state index contributed by atoms with van der Waals surface area (Å²) in [6.45, 7) is 4.62. The highest BCUT2D eigenvalue weighted by atomic mass is 32.1. The smallest absolute Gasteiger partial charge is 0.159 e. The van der Waals surface area contributed by atoms with E-state index in [0.717, 1.165) is 13.1 Å². The molecule has 2 nitrogen and oxygen atoms in total. The van der Waals surface area contributed by atoms with E-state index in [9.17, 15) is 4.79 Å². The van der Waals surface area contributed by atoms with Gasteiger partial charge in [0, 0.05) is 0 Å². The van der Waals surface area contributed by atoms with Gasteiger partial charge in [0.1, 0.15) is 0 Å². The largest absolute Gasteiger partial charge is 0.297 e. The summed E-state index contributed by atoms with van der Waals surface area (Å²) >= 11 is 4.09. The molecule has 0 aromatic rings. The number of nitrogens with zero attached hydrogens (tertiary/aromatic N) is 1. The van der Waals surface area contributed by atoms with Crippen LogP contribution in [-0.2, 0) is 4.79 Å². The van der Waals surface area contributed by atoms with Crippen molar-refractivity contribution in [1.82, 2.24) is 4.90 Å². The number of carbonyl (C=O) groups is 1. The van der Waals surface area contributed by atoms with Gasteiger partial charge in [-0.3, -0.25) is 9.69 Å². The minimum Gasteiger partial charge on any atom is -0.297 e. The van der Waals surface area contributed by atoms with Crippen LogP contribution in [0.2, 0.25) is 0 Å². The fraction of sp³-hybridized carbons (Fsp3) is 0.875. The molecule has 0 aromatic heterocycles. The van der Waals surface area contributed by atoms with Crippen LogP contribution in [0.1, 0.15) is 19.8 Å². The molecule has 0 aliphatic carbocycles. The number of Topliss-reactive ketones (excluding diaryl/α,β-unsaturated/α-hetero) is 1. The highest BCUT2D eigenvalue weighted by molar-refractivity contribution is 7.81. The van der Waals surface area contributed by atoms with Gasteiger partial charge in [-0.1, -0.05) is 0 Å². The van der Waals surface area contributed by atoms with Crippen molar-refractivity contribution in [2.24, 2.45) is 0 Å². The molecule has 1 heterocycles. The summed E-state index contributed by atoms with van der Waals surface area (Å²) in [5.41, 5.74) is 0. The average molecular weight is 173 g/mol. The summed E-state index contributed by atoms with van der Waals surface area (Å²) < 4.78 is 0. The first kappa shape index (κ1) is 9.07. The van der Waals surface area contributed by atoms with E-state index in [1.807, 2.05) is 6.92 Å². The van der Waals surface area contributed by atoms with Crippen molar-refractivity contribution in [2.75, 3.05) is 19.6 Å². The summed E-state index contributed by atoms with van der Waals surface area (Å²) in [7, 11) is 0. The van der Waals surface area contributed by atoms with E-state index in [1.54, 1.807) is 0 Å². The fourth-order valence-electron chi connectivity index (χ4n) is 1.29. The van der Waals surface area contributed by atoms with Crippen molar-refractivity contribution in [3.05, 3.63) is 0 Å². The minimum absolute atomic E-state index is 0.101. The Morgan fingerprint density at radius 3 is 2.55 bits per heavy atom. The molecule has 11 heavy (non-hydrogen) atoms. The molecule has 0 spiro atoms. The van der Waals surface area contributed by atoms with Gasteiger partial charge in [0.05, 0.1) is 11.8 Å². The molecule has 64 valence electrons. The Labute approximate surface area is 73.4 Å². The van der Waals surface area contributed by atoms with Gasteiger partial charge in [-0.05, 0) is 32.9 Å². The van der Waals surface area contributed by atoms with Crippen molar-refractivity contribution in [3.8, 4) is 0 Å². The summed E-state index contributed by atoms with van der Waals surface area (Å²) in [5, 5.41) is -0.101. The summed E-state index contributed by atoms with van der Waals surface area (Å²) in [6, 6.07) is 0. The van der Waals surface area contributed by atoms with E-state index < -0.39 is 0 Å². The third kappa shape index (κ3) is 2.83. The Morgan fingerprint density at radius 2 is 2.09 bits per heavy atom. The average Bonchev–Trinajstić information content (AvgIpc) is 2.39. The van der Waals surface area contributed by atoms with E-state index in [-0.39, 0.29) is 11.0 Å². The molecule has 1 atom stereocenters. The van der Waals surface area contributed by atoms with Crippen molar-refractivity contribution in [1.29, 1.82) is 0 Å². The molecule has 1 unspecified atom stereocenters. The zero-order valence-corrected chi connectivity index (χ0v) is 7.81. The lowest BCUT2D eigenvalue weighted by Crippen LogP contribution is -2.30. The first-order valence-corrected chi connectivity index (χ1v) is 4.65. The van der Waals surface area contributed by atoms with Crippen LogP contribution < -0.4 is 0 Å². The lowest BCUT2D eigenvalue weighted by Gasteiger charge is -2.14. The van der Waals surface area contributed by atoms with Crippen LogP contribution in [0.4, 0.5) is 0 Å². The standard InChI is InChI=1S/C8H15NOS/c1-7(11)8(10)6-9-4-2-3-5-9/h7,11H,2-6H2,1H3. The van der Waals surface area contributed by atoms with Gasteiger partial charge >= 0.3 is 0 Å². The molecule has 0 saturated carbocycles. The lowest BCUT2D eigenvalue weighted by atomic mass is 10.3. The van der Waals surface area contributed by atoms with Gasteiger partial charge in [0.2, 0.25) is 0 Å². The van der Waals surface area contributed by atoms with E-state index in [2.05, 4.69) is 17.5 Å². The SMILES string of the molecule is CC(S)C(=O)CN1CCCC1. The van der Waals surface area contributed by atoms with Crippen molar-refractivity contribution in [3.63, 3.8) is 0 Å². The number of thiol groups is 1. The van der Waals surface area contributed by atoms with Gasteiger partial charge < -0.3 is 0 Å². The minimum atomic E-state index is -0.101. The Morgan fingerprint density at radius 1 is 1.55 bits per heavy atom. The van der Waals surface area contributed by atoms with E-state index in [1.165, 1.54) is 12.8 Å². The normalized spacial score (nSPS) is 22.0. The van der Waals surface area contributed by atoms with Crippen LogP contribution in [0.3, 0.4) is 0 Å². The Bertz CT molecular complexity index is 141. The van der Waals surface area contributed by atoms with E-state index >= 15 is 0 Å². The summed E-state index contributed by atoms with van der Waals surface area (Å²) in [6.07, 6.45) is 2.49. The monoisotopic (exact) mass is 173 g/mol. The molecule has 0 N–H and O–H groups in total. The Hall–Kier alpha value is -0.0200. The van der Waals surface area contributed by atoms with Gasteiger partial charge in [-0.15, -0.1) is 0 Å². The van der Waals surface area contributed by atoms with Crippen molar-refractivity contribution >= 4 is 18.4 Å². The fourth-order valence-corrected chi connectivity index (χ4v) is 1.37. The second-order valence-electron chi connectivity index (χ2n) is 3.13. The first-order valence-electron chi connectivity index (χ1n) is 4.13. The molecule has 3 heteroatoms. The van der Waals surface area contributed by atoms with Crippen LogP contribution in [0.15, 0.2) is 0 Å². The molecule has 1 aliphatic heterocycles. The maximum absolute atomic E-state index is 11.2. The van der Waals surface area contributed by atoms with Gasteiger partial charge in [0.25, 0.3) is 0 Å². The van der Waals surface area contributed by atoms with Gasteiger partial charge in [-0.2, -0.15) is 12.6 Å². The van der Waals surface area contributed by atoms with Gasteiger partial charge in [0.15, 0.2) is 5.78 Å². The molecule has 0 amide bonds. The van der Waals surface area contributed by atoms with Crippen molar-refractivity contribution < 1.29 is 4.79 Å². The number of hydrogen-bond donors (Lipinski definition) is 1. The second kappa shape index (κ2) is 4.12. The number of rotatable bonds is 3. The molecular weight excluding hydrogens is 158 g/mol. The van der Waals surface area contributed by atoms with Gasteiger partial charge in [-0.25, -0.2) is 0 Å². The Balaban J connectivity index is 2.24. The molecule has 0 radical (unpaired) electrons. The maximum Gasteiger partial charge on any atom is 0.159 e. The predicted octanol–water partition coefficient (Wildman–Crippen LogP) is 0.970. The topological polar surface area (TPSA) is 20.3 Å². The Kier molecular flexibility index (Phi) is 3.40. The summed E-state index contributed by atoms with van der Waals surface area (Å²) in [4.78, 5) is 13.4. The highest BCUT2D eigenvalue weighted by Crippen LogP contribution is 2.07. The zero-order valence-electron chi connectivity index (χ0n) is 6.92. The predicted molar refractivity (Wildman–Crippen MR) is 49.1 cm³/mol. The van der Waals surface area contributed by atoms with E-state index in [4.69, 9.17) is 0 Å². The molecule has 1 aliphatic rings. The second-order valence-corrected chi connectivity index (χ2v) is 3.90. The zero-order chi connectivity index (χ0) is 8.27. The maximum atomic E-state index is 11.2. The number of hydrogen-bond acceptors (Lipinski definition) is 3. The van der Waals surface area contributed by atoms with Crippen LogP contribution in [0.25, 0.3) is 0 Å². The number of carbonyl (C=O) groups excluding carboxylic acids is 1. The molecule has 1 rings (SSSR count). The number of ketones is 1. The lowest BCUT2D eigenvalue weighted by molar-refractivity contribution is -0.119. The van der Waals surface area contributed by atoms with Crippen LogP contribution in [0.5, 0.6) is 0 Å². The molecular formula is C8H15NOS. The quantitative estimate of drug-likeness (QED) is 0.642. The first-order chi connectivity index (χ1) is 5.20. The third-order valence-corrected chi connectivity index (χ3v) is 2.33. The third-order valence-electron chi connectivity index (χ3n) is 2.04. The van der Waals surface area contributed by atoms with Crippen LogP contribution in [-0.4, -0.2) is 35.6 Å². The molecule has 0 bridgehead atoms.